The van der Waals surface area contributed by atoms with E-state index in [2.05, 4.69) is 0 Å². The molecule has 0 atom stereocenters. The molecule has 36 heavy (non-hydrogen) atoms. The largest absolute Gasteiger partial charge is 0.465 e. The number of para-hydroxylation sites is 1. The fourth-order valence-corrected chi connectivity index (χ4v) is 4.57. The van der Waals surface area contributed by atoms with Gasteiger partial charge < -0.3 is 14.2 Å². The van der Waals surface area contributed by atoms with Crippen molar-refractivity contribution in [1.29, 1.82) is 0 Å². The molecule has 0 saturated carbocycles. The topological polar surface area (TPSA) is 51.5 Å². The average Bonchev–Trinajstić information content (AvgIpc) is 3.24. The van der Waals surface area contributed by atoms with Crippen molar-refractivity contribution in [3.8, 4) is 5.69 Å². The highest BCUT2D eigenvalue weighted by Gasteiger charge is 2.39. The van der Waals surface area contributed by atoms with Crippen LogP contribution in [-0.4, -0.2) is 23.4 Å². The number of methoxy groups -OCH3 is 1. The first kappa shape index (κ1) is 25.3. The van der Waals surface area contributed by atoms with Crippen LogP contribution < -0.4 is 4.90 Å². The summed E-state index contributed by atoms with van der Waals surface area (Å²) in [5, 5.41) is 0.497. The predicted octanol–water partition coefficient (Wildman–Crippen LogP) is 6.64. The molecule has 0 unspecified atom stereocenters. The summed E-state index contributed by atoms with van der Waals surface area (Å²) in [6.07, 6.45) is -2.97. The van der Waals surface area contributed by atoms with E-state index in [1.807, 2.05) is 0 Å². The van der Waals surface area contributed by atoms with Crippen LogP contribution in [0.1, 0.15) is 29.4 Å². The Hall–Kier alpha value is -3.78. The predicted molar refractivity (Wildman–Crippen MR) is 132 cm³/mol. The Kier molecular flexibility index (Phi) is 6.58. The van der Waals surface area contributed by atoms with Gasteiger partial charge in [0.15, 0.2) is 0 Å². The van der Waals surface area contributed by atoms with Crippen LogP contribution in [0, 0.1) is 13.8 Å². The van der Waals surface area contributed by atoms with Crippen LogP contribution in [0.5, 0.6) is 0 Å². The lowest BCUT2D eigenvalue weighted by atomic mass is 10.1. The second-order valence-electron chi connectivity index (χ2n) is 8.30. The highest BCUT2D eigenvalue weighted by Crippen LogP contribution is 2.38. The molecule has 3 aromatic rings. The number of alkyl halides is 3. The van der Waals surface area contributed by atoms with Crippen molar-refractivity contribution in [1.82, 2.24) is 4.57 Å². The number of hydrogen-bond acceptors (Lipinski definition) is 4. The molecule has 0 saturated heterocycles. The van der Waals surface area contributed by atoms with Gasteiger partial charge in [-0.15, -0.1) is 0 Å². The number of anilines is 1. The highest BCUT2D eigenvalue weighted by molar-refractivity contribution is 6.31. The Morgan fingerprint density at radius 2 is 1.67 bits per heavy atom. The molecule has 1 aliphatic heterocycles. The number of ketones is 1. The third-order valence-electron chi connectivity index (χ3n) is 6.09. The van der Waals surface area contributed by atoms with Gasteiger partial charge in [0.1, 0.15) is 5.57 Å². The van der Waals surface area contributed by atoms with Crippen molar-refractivity contribution in [2.45, 2.75) is 26.9 Å². The smallest absolute Gasteiger partial charge is 0.418 e. The van der Waals surface area contributed by atoms with Gasteiger partial charge in [-0.25, -0.2) is 4.79 Å². The van der Waals surface area contributed by atoms with E-state index in [9.17, 15) is 22.8 Å². The maximum absolute atomic E-state index is 13.7. The molecule has 0 radical (unpaired) electrons. The minimum absolute atomic E-state index is 0.0125. The van der Waals surface area contributed by atoms with E-state index < -0.39 is 23.5 Å². The SMILES string of the molecule is COC(=O)C1=C(C)N(c2ccc(Cl)cc2)/C(=C\c2cc(C)n(-c3ccccc3C(F)(F)F)c2C)C1=O. The average molecular weight is 515 g/mol. The Balaban J connectivity index is 1.89. The van der Waals surface area contributed by atoms with Crippen LogP contribution >= 0.6 is 11.6 Å². The van der Waals surface area contributed by atoms with Crippen LogP contribution in [0.3, 0.4) is 0 Å². The van der Waals surface area contributed by atoms with Gasteiger partial charge in [-0.05, 0) is 74.9 Å². The van der Waals surface area contributed by atoms with Gasteiger partial charge >= 0.3 is 12.1 Å². The molecule has 1 aromatic heterocycles. The number of Topliss-reactive ketones (excluding diaryl/α,β-unsaturated/α-hetero) is 1. The number of hydrogen-bond donors (Lipinski definition) is 0. The molecule has 0 N–H and O–H groups in total. The van der Waals surface area contributed by atoms with E-state index in [0.29, 0.717) is 33.4 Å². The number of halogens is 4. The van der Waals surface area contributed by atoms with Gasteiger partial charge in [-0.1, -0.05) is 23.7 Å². The Labute approximate surface area is 211 Å². The van der Waals surface area contributed by atoms with Crippen molar-refractivity contribution in [3.05, 3.63) is 99.1 Å². The summed E-state index contributed by atoms with van der Waals surface area (Å²) in [5.74, 6) is -1.32. The van der Waals surface area contributed by atoms with Crippen LogP contribution in [-0.2, 0) is 20.5 Å². The first-order valence-corrected chi connectivity index (χ1v) is 11.3. The lowest BCUT2D eigenvalue weighted by Crippen LogP contribution is -2.18. The number of rotatable bonds is 4. The number of aryl methyl sites for hydroxylation is 1. The Morgan fingerprint density at radius 3 is 2.28 bits per heavy atom. The molecule has 0 aliphatic carbocycles. The molecule has 2 aromatic carbocycles. The third kappa shape index (κ3) is 4.33. The second kappa shape index (κ2) is 9.35. The summed E-state index contributed by atoms with van der Waals surface area (Å²) in [5.41, 5.74) is 1.82. The summed E-state index contributed by atoms with van der Waals surface area (Å²) in [4.78, 5) is 27.4. The maximum atomic E-state index is 13.7. The van der Waals surface area contributed by atoms with Gasteiger partial charge in [-0.2, -0.15) is 13.2 Å². The van der Waals surface area contributed by atoms with E-state index >= 15 is 0 Å². The zero-order valence-corrected chi connectivity index (χ0v) is 20.7. The van der Waals surface area contributed by atoms with Gasteiger partial charge in [0, 0.05) is 27.8 Å². The van der Waals surface area contributed by atoms with Crippen LogP contribution in [0.2, 0.25) is 5.02 Å². The number of carbonyl (C=O) groups is 2. The Morgan fingerprint density at radius 1 is 1.03 bits per heavy atom. The van der Waals surface area contributed by atoms with Gasteiger partial charge in [0.05, 0.1) is 24.1 Å². The Bertz CT molecular complexity index is 1430. The minimum Gasteiger partial charge on any atom is -0.465 e. The number of aromatic nitrogens is 1. The van der Waals surface area contributed by atoms with Crippen molar-refractivity contribution < 1.29 is 27.5 Å². The van der Waals surface area contributed by atoms with Crippen molar-refractivity contribution in [2.75, 3.05) is 12.0 Å². The number of benzene rings is 2. The van der Waals surface area contributed by atoms with E-state index in [1.165, 1.54) is 23.8 Å². The standard InChI is InChI=1S/C27H22ClF3N2O3/c1-15-13-18(16(2)32(15)22-8-6-5-7-21(22)27(29,30)31)14-23-25(34)24(26(35)36-4)17(3)33(23)20-11-9-19(28)10-12-20/h5-14H,1-4H3/b23-14-. The fourth-order valence-electron chi connectivity index (χ4n) is 4.44. The summed E-state index contributed by atoms with van der Waals surface area (Å²) in [6, 6.07) is 13.7. The normalized spacial score (nSPS) is 15.3. The molecule has 4 rings (SSSR count). The monoisotopic (exact) mass is 514 g/mol. The summed E-state index contributed by atoms with van der Waals surface area (Å²) in [7, 11) is 1.19. The summed E-state index contributed by atoms with van der Waals surface area (Å²) in [6.45, 7) is 5.00. The molecule has 5 nitrogen and oxygen atoms in total. The van der Waals surface area contributed by atoms with E-state index in [-0.39, 0.29) is 17.0 Å². The zero-order valence-electron chi connectivity index (χ0n) is 19.9. The molecule has 1 aliphatic rings. The third-order valence-corrected chi connectivity index (χ3v) is 6.34. The van der Waals surface area contributed by atoms with Gasteiger partial charge in [0.2, 0.25) is 5.78 Å². The molecule has 0 amide bonds. The van der Waals surface area contributed by atoms with Gasteiger partial charge in [0.25, 0.3) is 0 Å². The zero-order chi connectivity index (χ0) is 26.4. The highest BCUT2D eigenvalue weighted by atomic mass is 35.5. The summed E-state index contributed by atoms with van der Waals surface area (Å²) < 4.78 is 47.5. The number of carbonyl (C=O) groups excluding carboxylic acids is 2. The van der Waals surface area contributed by atoms with Gasteiger partial charge in [-0.3, -0.25) is 4.79 Å². The van der Waals surface area contributed by atoms with Crippen molar-refractivity contribution in [2.24, 2.45) is 0 Å². The number of esters is 1. The lowest BCUT2D eigenvalue weighted by molar-refractivity contribution is -0.138. The summed E-state index contributed by atoms with van der Waals surface area (Å²) >= 11 is 6.03. The molecule has 0 bridgehead atoms. The van der Waals surface area contributed by atoms with E-state index in [4.69, 9.17) is 16.3 Å². The molecule has 0 spiro atoms. The molecular formula is C27H22ClF3N2O3. The molecule has 186 valence electrons. The number of allylic oxidation sites excluding steroid dienone is 2. The van der Waals surface area contributed by atoms with Crippen LogP contribution in [0.15, 0.2) is 71.6 Å². The van der Waals surface area contributed by atoms with E-state index in [1.54, 1.807) is 68.1 Å². The van der Waals surface area contributed by atoms with Crippen LogP contribution in [0.25, 0.3) is 11.8 Å². The molecular weight excluding hydrogens is 493 g/mol. The molecule has 9 heteroatoms. The van der Waals surface area contributed by atoms with Crippen LogP contribution in [0.4, 0.5) is 18.9 Å². The maximum Gasteiger partial charge on any atom is 0.418 e. The molecule has 0 fully saturated rings. The fraction of sp³-hybridized carbons (Fsp3) is 0.185. The molecule has 2 heterocycles. The first-order valence-electron chi connectivity index (χ1n) is 10.9. The minimum atomic E-state index is -4.54. The number of nitrogens with zero attached hydrogens (tertiary/aromatic N) is 2. The number of ether oxygens (including phenoxy) is 1. The van der Waals surface area contributed by atoms with Crippen molar-refractivity contribution in [3.63, 3.8) is 0 Å². The first-order chi connectivity index (χ1) is 17.0. The van der Waals surface area contributed by atoms with Crippen molar-refractivity contribution >= 4 is 35.1 Å². The van der Waals surface area contributed by atoms with E-state index in [0.717, 1.165) is 6.07 Å². The quantitative estimate of drug-likeness (QED) is 0.222. The second-order valence-corrected chi connectivity index (χ2v) is 8.74. The lowest BCUT2D eigenvalue weighted by Gasteiger charge is -2.21.